The van der Waals surface area contributed by atoms with Crippen molar-refractivity contribution in [2.24, 2.45) is 0 Å². The van der Waals surface area contributed by atoms with Gasteiger partial charge in [-0.1, -0.05) is 35.3 Å². The zero-order valence-corrected chi connectivity index (χ0v) is 12.9. The molecule has 1 unspecified atom stereocenters. The zero-order chi connectivity index (χ0) is 15.4. The molecule has 0 fully saturated rings. The Morgan fingerprint density at radius 2 is 1.90 bits per heavy atom. The molecule has 0 saturated heterocycles. The topological polar surface area (TPSA) is 46.5 Å². The summed E-state index contributed by atoms with van der Waals surface area (Å²) in [7, 11) is 0. The maximum Gasteiger partial charge on any atom is 0.345 e. The number of carboxylic acids is 1. The van der Waals surface area contributed by atoms with Crippen LogP contribution >= 0.6 is 23.2 Å². The molecular formula is C16H14Cl2O3. The first-order valence-electron chi connectivity index (χ1n) is 6.36. The first-order valence-corrected chi connectivity index (χ1v) is 7.11. The van der Waals surface area contributed by atoms with Crippen molar-refractivity contribution in [1.82, 2.24) is 0 Å². The van der Waals surface area contributed by atoms with Crippen molar-refractivity contribution in [3.8, 4) is 5.75 Å². The van der Waals surface area contributed by atoms with Gasteiger partial charge in [-0.3, -0.25) is 0 Å². The van der Waals surface area contributed by atoms with Gasteiger partial charge in [-0.2, -0.15) is 0 Å². The molecular weight excluding hydrogens is 311 g/mol. The van der Waals surface area contributed by atoms with Gasteiger partial charge in [0.15, 0.2) is 6.10 Å². The van der Waals surface area contributed by atoms with Gasteiger partial charge in [-0.15, -0.1) is 0 Å². The highest BCUT2D eigenvalue weighted by Crippen LogP contribution is 2.21. The number of ether oxygens (including phenoxy) is 1. The number of carbonyl (C=O) groups is 1. The molecule has 0 aliphatic rings. The standard InChI is InChI=1S/C16H14Cl2O3/c1-10-7-13(18)6-5-11(10)8-15(16(19)20)21-14-4-2-3-12(17)9-14/h2-7,9,15H,8H2,1H3,(H,19,20). The zero-order valence-electron chi connectivity index (χ0n) is 11.3. The minimum absolute atomic E-state index is 0.255. The third-order valence-electron chi connectivity index (χ3n) is 3.06. The minimum atomic E-state index is -1.02. The molecule has 0 amide bonds. The molecule has 21 heavy (non-hydrogen) atoms. The predicted octanol–water partition coefficient (Wildman–Crippen LogP) is 4.38. The van der Waals surface area contributed by atoms with Crippen molar-refractivity contribution in [2.45, 2.75) is 19.4 Å². The van der Waals surface area contributed by atoms with E-state index in [4.69, 9.17) is 27.9 Å². The Morgan fingerprint density at radius 3 is 2.52 bits per heavy atom. The third kappa shape index (κ3) is 4.38. The van der Waals surface area contributed by atoms with Crippen molar-refractivity contribution in [1.29, 1.82) is 0 Å². The smallest absolute Gasteiger partial charge is 0.345 e. The second-order valence-electron chi connectivity index (χ2n) is 4.68. The van der Waals surface area contributed by atoms with Crippen LogP contribution in [0.4, 0.5) is 0 Å². The van der Waals surface area contributed by atoms with Crippen LogP contribution in [0.1, 0.15) is 11.1 Å². The summed E-state index contributed by atoms with van der Waals surface area (Å²) in [6.45, 7) is 1.89. The summed E-state index contributed by atoms with van der Waals surface area (Å²) in [5, 5.41) is 10.4. The van der Waals surface area contributed by atoms with Crippen molar-refractivity contribution in [2.75, 3.05) is 0 Å². The van der Waals surface area contributed by atoms with Gasteiger partial charge in [0.1, 0.15) is 5.75 Å². The number of hydrogen-bond acceptors (Lipinski definition) is 2. The molecule has 0 heterocycles. The summed E-state index contributed by atoms with van der Waals surface area (Å²) in [4.78, 5) is 11.4. The van der Waals surface area contributed by atoms with E-state index >= 15 is 0 Å². The van der Waals surface area contributed by atoms with Crippen molar-refractivity contribution >= 4 is 29.2 Å². The van der Waals surface area contributed by atoms with Crippen LogP contribution in [0.15, 0.2) is 42.5 Å². The first-order chi connectivity index (χ1) is 9.95. The van der Waals surface area contributed by atoms with Crippen LogP contribution in [0.5, 0.6) is 5.75 Å². The van der Waals surface area contributed by atoms with E-state index in [1.807, 2.05) is 13.0 Å². The summed E-state index contributed by atoms with van der Waals surface area (Å²) in [6, 6.07) is 12.0. The lowest BCUT2D eigenvalue weighted by atomic mass is 10.0. The number of aryl methyl sites for hydroxylation is 1. The number of hydrogen-bond donors (Lipinski definition) is 1. The van der Waals surface area contributed by atoms with E-state index in [0.29, 0.717) is 15.8 Å². The quantitative estimate of drug-likeness (QED) is 0.887. The lowest BCUT2D eigenvalue weighted by Crippen LogP contribution is -2.29. The van der Waals surface area contributed by atoms with Gasteiger partial charge in [0.05, 0.1) is 0 Å². The van der Waals surface area contributed by atoms with Crippen molar-refractivity contribution in [3.05, 3.63) is 63.6 Å². The molecule has 2 rings (SSSR count). The van der Waals surface area contributed by atoms with Gasteiger partial charge >= 0.3 is 5.97 Å². The third-order valence-corrected chi connectivity index (χ3v) is 3.53. The number of rotatable bonds is 5. The second-order valence-corrected chi connectivity index (χ2v) is 5.55. The van der Waals surface area contributed by atoms with E-state index < -0.39 is 12.1 Å². The molecule has 0 aliphatic heterocycles. The number of benzene rings is 2. The van der Waals surface area contributed by atoms with Gasteiger partial charge in [0.2, 0.25) is 0 Å². The molecule has 2 aromatic rings. The maximum atomic E-state index is 11.4. The van der Waals surface area contributed by atoms with E-state index in [-0.39, 0.29) is 6.42 Å². The van der Waals surface area contributed by atoms with Crippen molar-refractivity contribution in [3.63, 3.8) is 0 Å². The van der Waals surface area contributed by atoms with Gasteiger partial charge in [0, 0.05) is 16.5 Å². The monoisotopic (exact) mass is 324 g/mol. The highest BCUT2D eigenvalue weighted by molar-refractivity contribution is 6.31. The lowest BCUT2D eigenvalue weighted by Gasteiger charge is -2.16. The highest BCUT2D eigenvalue weighted by Gasteiger charge is 2.21. The van der Waals surface area contributed by atoms with E-state index in [0.717, 1.165) is 11.1 Å². The molecule has 2 aromatic carbocycles. The maximum absolute atomic E-state index is 11.4. The Labute approximate surface area is 133 Å². The minimum Gasteiger partial charge on any atom is -0.478 e. The summed E-state index contributed by atoms with van der Waals surface area (Å²) in [6.07, 6.45) is -0.728. The molecule has 1 atom stereocenters. The molecule has 0 radical (unpaired) electrons. The largest absolute Gasteiger partial charge is 0.478 e. The molecule has 0 spiro atoms. The SMILES string of the molecule is Cc1cc(Cl)ccc1CC(Oc1cccc(Cl)c1)C(=O)O. The van der Waals surface area contributed by atoms with Crippen LogP contribution in [-0.4, -0.2) is 17.2 Å². The van der Waals surface area contributed by atoms with Gasteiger partial charge in [0.25, 0.3) is 0 Å². The second kappa shape index (κ2) is 6.83. The molecule has 0 aliphatic carbocycles. The summed E-state index contributed by atoms with van der Waals surface area (Å²) in [5.41, 5.74) is 1.82. The Hall–Kier alpha value is -1.71. The van der Waals surface area contributed by atoms with Gasteiger partial charge in [-0.05, 0) is 48.4 Å². The van der Waals surface area contributed by atoms with Gasteiger partial charge in [-0.25, -0.2) is 4.79 Å². The molecule has 0 aromatic heterocycles. The Morgan fingerprint density at radius 1 is 1.19 bits per heavy atom. The van der Waals surface area contributed by atoms with Crippen LogP contribution in [0.25, 0.3) is 0 Å². The van der Waals surface area contributed by atoms with Crippen LogP contribution in [0.2, 0.25) is 10.0 Å². The van der Waals surface area contributed by atoms with E-state index in [1.165, 1.54) is 0 Å². The number of aliphatic carboxylic acids is 1. The Kier molecular flexibility index (Phi) is 5.10. The Bertz CT molecular complexity index is 656. The molecule has 0 bridgehead atoms. The fourth-order valence-electron chi connectivity index (χ4n) is 1.97. The predicted molar refractivity (Wildman–Crippen MR) is 83.4 cm³/mol. The Balaban J connectivity index is 2.18. The fourth-order valence-corrected chi connectivity index (χ4v) is 2.38. The van der Waals surface area contributed by atoms with E-state index in [1.54, 1.807) is 36.4 Å². The van der Waals surface area contributed by atoms with E-state index in [9.17, 15) is 9.90 Å². The fraction of sp³-hybridized carbons (Fsp3) is 0.188. The number of halogens is 2. The first kappa shape index (κ1) is 15.7. The van der Waals surface area contributed by atoms with Gasteiger partial charge < -0.3 is 9.84 Å². The van der Waals surface area contributed by atoms with Crippen LogP contribution < -0.4 is 4.74 Å². The van der Waals surface area contributed by atoms with E-state index in [2.05, 4.69) is 0 Å². The van der Waals surface area contributed by atoms with Crippen LogP contribution in [-0.2, 0) is 11.2 Å². The molecule has 3 nitrogen and oxygen atoms in total. The van der Waals surface area contributed by atoms with Crippen LogP contribution in [0, 0.1) is 6.92 Å². The summed E-state index contributed by atoms with van der Waals surface area (Å²) >= 11 is 11.8. The lowest BCUT2D eigenvalue weighted by molar-refractivity contribution is -0.145. The molecule has 5 heteroatoms. The molecule has 110 valence electrons. The van der Waals surface area contributed by atoms with Crippen LogP contribution in [0.3, 0.4) is 0 Å². The molecule has 0 saturated carbocycles. The summed E-state index contributed by atoms with van der Waals surface area (Å²) in [5.74, 6) is -0.592. The highest BCUT2D eigenvalue weighted by atomic mass is 35.5. The number of carboxylic acid groups (broad SMARTS) is 1. The molecule has 1 N–H and O–H groups in total. The van der Waals surface area contributed by atoms with Crippen molar-refractivity contribution < 1.29 is 14.6 Å². The summed E-state index contributed by atoms with van der Waals surface area (Å²) < 4.78 is 5.53. The average Bonchev–Trinajstić information content (AvgIpc) is 2.40. The normalized spacial score (nSPS) is 12.0. The average molecular weight is 325 g/mol.